The third-order valence-electron chi connectivity index (χ3n) is 3.11. The second-order valence-corrected chi connectivity index (χ2v) is 4.54. The Morgan fingerprint density at radius 1 is 1.33 bits per heavy atom. The highest BCUT2D eigenvalue weighted by molar-refractivity contribution is 4.75. The molecule has 1 aliphatic heterocycles. The number of aliphatic hydroxyl groups is 1. The first kappa shape index (κ1) is 11.3. The summed E-state index contributed by atoms with van der Waals surface area (Å²) in [4.78, 5) is 0. The highest BCUT2D eigenvalue weighted by atomic mass is 16.5. The Kier molecular flexibility index (Phi) is 4.38. The SMILES string of the molecule is OC(CNC1COC1)COC1CCCC1. The van der Waals surface area contributed by atoms with E-state index in [1.54, 1.807) is 0 Å². The lowest BCUT2D eigenvalue weighted by Crippen LogP contribution is -2.49. The highest BCUT2D eigenvalue weighted by Gasteiger charge is 2.20. The summed E-state index contributed by atoms with van der Waals surface area (Å²) in [6.45, 7) is 2.62. The van der Waals surface area contributed by atoms with E-state index in [0.717, 1.165) is 26.1 Å². The van der Waals surface area contributed by atoms with Gasteiger partial charge >= 0.3 is 0 Å². The lowest BCUT2D eigenvalue weighted by molar-refractivity contribution is -0.0274. The fraction of sp³-hybridized carbons (Fsp3) is 1.00. The molecule has 1 saturated carbocycles. The Bertz CT molecular complexity index is 179. The van der Waals surface area contributed by atoms with Crippen LogP contribution in [-0.2, 0) is 9.47 Å². The maximum Gasteiger partial charge on any atom is 0.0897 e. The molecule has 2 rings (SSSR count). The van der Waals surface area contributed by atoms with Gasteiger partial charge in [0.1, 0.15) is 0 Å². The van der Waals surface area contributed by atoms with Gasteiger partial charge in [-0.05, 0) is 12.8 Å². The summed E-state index contributed by atoms with van der Waals surface area (Å²) in [5, 5.41) is 12.9. The second-order valence-electron chi connectivity index (χ2n) is 4.54. The first-order valence-corrected chi connectivity index (χ1v) is 5.95. The van der Waals surface area contributed by atoms with Crippen molar-refractivity contribution in [2.75, 3.05) is 26.4 Å². The van der Waals surface area contributed by atoms with Crippen molar-refractivity contribution >= 4 is 0 Å². The second kappa shape index (κ2) is 5.80. The molecule has 0 aromatic carbocycles. The quantitative estimate of drug-likeness (QED) is 0.669. The van der Waals surface area contributed by atoms with Crippen molar-refractivity contribution in [1.82, 2.24) is 5.32 Å². The van der Waals surface area contributed by atoms with Crippen molar-refractivity contribution in [2.45, 2.75) is 43.9 Å². The number of hydrogen-bond acceptors (Lipinski definition) is 4. The van der Waals surface area contributed by atoms with E-state index in [-0.39, 0.29) is 6.10 Å². The predicted molar refractivity (Wildman–Crippen MR) is 56.8 cm³/mol. The van der Waals surface area contributed by atoms with Crippen LogP contribution in [0.4, 0.5) is 0 Å². The summed E-state index contributed by atoms with van der Waals surface area (Å²) in [5.41, 5.74) is 0. The van der Waals surface area contributed by atoms with Crippen LogP contribution in [0.5, 0.6) is 0 Å². The van der Waals surface area contributed by atoms with Crippen LogP contribution in [0.3, 0.4) is 0 Å². The van der Waals surface area contributed by atoms with E-state index < -0.39 is 0 Å². The van der Waals surface area contributed by atoms with Crippen molar-refractivity contribution in [1.29, 1.82) is 0 Å². The maximum atomic E-state index is 9.65. The van der Waals surface area contributed by atoms with Gasteiger partial charge in [-0.15, -0.1) is 0 Å². The molecule has 2 N–H and O–H groups in total. The molecule has 4 nitrogen and oxygen atoms in total. The summed E-state index contributed by atoms with van der Waals surface area (Å²) >= 11 is 0. The number of aliphatic hydroxyl groups excluding tert-OH is 1. The molecule has 0 spiro atoms. The van der Waals surface area contributed by atoms with E-state index in [1.807, 2.05) is 0 Å². The molecule has 0 amide bonds. The zero-order valence-electron chi connectivity index (χ0n) is 9.15. The van der Waals surface area contributed by atoms with E-state index >= 15 is 0 Å². The van der Waals surface area contributed by atoms with Crippen LogP contribution in [0.1, 0.15) is 25.7 Å². The van der Waals surface area contributed by atoms with Crippen LogP contribution in [0.15, 0.2) is 0 Å². The molecule has 2 fully saturated rings. The van der Waals surface area contributed by atoms with Gasteiger partial charge in [-0.25, -0.2) is 0 Å². The summed E-state index contributed by atoms with van der Waals surface area (Å²) < 4.78 is 10.7. The number of hydrogen-bond donors (Lipinski definition) is 2. The van der Waals surface area contributed by atoms with Gasteiger partial charge in [0.2, 0.25) is 0 Å². The summed E-state index contributed by atoms with van der Waals surface area (Å²) in [6.07, 6.45) is 4.89. The van der Waals surface area contributed by atoms with Gasteiger partial charge in [0, 0.05) is 6.54 Å². The third kappa shape index (κ3) is 3.72. The van der Waals surface area contributed by atoms with Gasteiger partial charge in [-0.2, -0.15) is 0 Å². The normalized spacial score (nSPS) is 25.4. The molecular formula is C11H21NO3. The molecule has 4 heteroatoms. The predicted octanol–water partition coefficient (Wildman–Crippen LogP) is 0.295. The fourth-order valence-corrected chi connectivity index (χ4v) is 2.02. The molecule has 0 radical (unpaired) electrons. The molecule has 1 atom stereocenters. The Labute approximate surface area is 90.9 Å². The van der Waals surface area contributed by atoms with Crippen LogP contribution >= 0.6 is 0 Å². The molecule has 2 aliphatic rings. The largest absolute Gasteiger partial charge is 0.389 e. The van der Waals surface area contributed by atoms with Gasteiger partial charge in [0.15, 0.2) is 0 Å². The fourth-order valence-electron chi connectivity index (χ4n) is 2.02. The van der Waals surface area contributed by atoms with Crippen molar-refractivity contribution in [3.8, 4) is 0 Å². The van der Waals surface area contributed by atoms with Crippen LogP contribution < -0.4 is 5.32 Å². The topological polar surface area (TPSA) is 50.7 Å². The zero-order chi connectivity index (χ0) is 10.5. The molecule has 0 aromatic heterocycles. The van der Waals surface area contributed by atoms with Crippen molar-refractivity contribution in [3.05, 3.63) is 0 Å². The summed E-state index contributed by atoms with van der Waals surface area (Å²) in [5.74, 6) is 0. The van der Waals surface area contributed by atoms with Gasteiger partial charge in [0.25, 0.3) is 0 Å². The van der Waals surface area contributed by atoms with Gasteiger partial charge in [-0.1, -0.05) is 12.8 Å². The van der Waals surface area contributed by atoms with Crippen LogP contribution in [0.25, 0.3) is 0 Å². The Hall–Kier alpha value is -0.160. The molecule has 0 aromatic rings. The van der Waals surface area contributed by atoms with E-state index in [9.17, 15) is 5.11 Å². The van der Waals surface area contributed by atoms with Gasteiger partial charge in [-0.3, -0.25) is 0 Å². The van der Waals surface area contributed by atoms with Crippen molar-refractivity contribution in [2.24, 2.45) is 0 Å². The number of nitrogens with one attached hydrogen (secondary N) is 1. The molecular weight excluding hydrogens is 194 g/mol. The molecule has 0 bridgehead atoms. The van der Waals surface area contributed by atoms with Crippen LogP contribution in [-0.4, -0.2) is 49.7 Å². The first-order valence-electron chi connectivity index (χ1n) is 5.95. The van der Waals surface area contributed by atoms with Crippen molar-refractivity contribution < 1.29 is 14.6 Å². The molecule has 1 saturated heterocycles. The van der Waals surface area contributed by atoms with Gasteiger partial charge < -0.3 is 19.9 Å². The lowest BCUT2D eigenvalue weighted by atomic mass is 10.2. The average Bonchev–Trinajstić information content (AvgIpc) is 2.64. The Morgan fingerprint density at radius 3 is 2.67 bits per heavy atom. The summed E-state index contributed by atoms with van der Waals surface area (Å²) in [6, 6.07) is 0.436. The molecule has 1 unspecified atom stereocenters. The smallest absolute Gasteiger partial charge is 0.0897 e. The minimum Gasteiger partial charge on any atom is -0.389 e. The molecule has 1 heterocycles. The van der Waals surface area contributed by atoms with Gasteiger partial charge in [0.05, 0.1) is 38.1 Å². The maximum absolute atomic E-state index is 9.65. The highest BCUT2D eigenvalue weighted by Crippen LogP contribution is 2.20. The van der Waals surface area contributed by atoms with E-state index in [2.05, 4.69) is 5.32 Å². The van der Waals surface area contributed by atoms with Crippen LogP contribution in [0, 0.1) is 0 Å². The van der Waals surface area contributed by atoms with E-state index in [4.69, 9.17) is 9.47 Å². The average molecular weight is 215 g/mol. The minimum atomic E-state index is -0.383. The number of rotatable bonds is 6. The minimum absolute atomic E-state index is 0.383. The number of ether oxygens (including phenoxy) is 2. The van der Waals surface area contributed by atoms with E-state index in [0.29, 0.717) is 25.3 Å². The van der Waals surface area contributed by atoms with Crippen molar-refractivity contribution in [3.63, 3.8) is 0 Å². The van der Waals surface area contributed by atoms with Crippen LogP contribution in [0.2, 0.25) is 0 Å². The molecule has 88 valence electrons. The standard InChI is InChI=1S/C11H21NO3/c13-10(5-12-9-6-14-7-9)8-15-11-3-1-2-4-11/h9-13H,1-8H2. The molecule has 1 aliphatic carbocycles. The monoisotopic (exact) mass is 215 g/mol. The lowest BCUT2D eigenvalue weighted by Gasteiger charge is -2.28. The third-order valence-corrected chi connectivity index (χ3v) is 3.11. The Balaban J connectivity index is 1.49. The molecule has 15 heavy (non-hydrogen) atoms. The zero-order valence-corrected chi connectivity index (χ0v) is 9.15. The van der Waals surface area contributed by atoms with E-state index in [1.165, 1.54) is 12.8 Å². The first-order chi connectivity index (χ1) is 7.34. The summed E-state index contributed by atoms with van der Waals surface area (Å²) in [7, 11) is 0. The Morgan fingerprint density at radius 2 is 2.07 bits per heavy atom.